The van der Waals surface area contributed by atoms with Crippen LogP contribution in [0.2, 0.25) is 0 Å². The van der Waals surface area contributed by atoms with Crippen LogP contribution in [-0.4, -0.2) is 38.1 Å². The van der Waals surface area contributed by atoms with E-state index in [1.807, 2.05) is 32.9 Å². The summed E-state index contributed by atoms with van der Waals surface area (Å²) in [6.07, 6.45) is 5.95. The fourth-order valence-corrected chi connectivity index (χ4v) is 3.06. The van der Waals surface area contributed by atoms with Gasteiger partial charge in [-0.15, -0.1) is 0 Å². The zero-order valence-corrected chi connectivity index (χ0v) is 14.9. The predicted molar refractivity (Wildman–Crippen MR) is 91.0 cm³/mol. The molecule has 7 heteroatoms. The average molecular weight is 379 g/mol. The van der Waals surface area contributed by atoms with Gasteiger partial charge in [0.2, 0.25) is 0 Å². The topological polar surface area (TPSA) is 71.1 Å². The number of aromatic amines is 1. The zero-order valence-electron chi connectivity index (χ0n) is 13.3. The minimum atomic E-state index is -0.527. The van der Waals surface area contributed by atoms with Gasteiger partial charge in [-0.2, -0.15) is 0 Å². The molecule has 122 valence electrons. The molecule has 1 N–H and O–H groups in total. The molecule has 1 amide bonds. The number of H-pyrrole nitrogens is 1. The summed E-state index contributed by atoms with van der Waals surface area (Å²) in [6.45, 7) is 6.11. The van der Waals surface area contributed by atoms with Crippen molar-refractivity contribution in [1.29, 1.82) is 0 Å². The molecule has 1 aliphatic rings. The summed E-state index contributed by atoms with van der Waals surface area (Å²) in [7, 11) is 0. The highest BCUT2D eigenvalue weighted by atomic mass is 79.9. The van der Waals surface area contributed by atoms with Crippen LogP contribution in [0, 0.1) is 0 Å². The van der Waals surface area contributed by atoms with Crippen molar-refractivity contribution in [3.8, 4) is 0 Å². The van der Waals surface area contributed by atoms with E-state index < -0.39 is 5.60 Å². The number of aromatic nitrogens is 3. The quantitative estimate of drug-likeness (QED) is 0.762. The van der Waals surface area contributed by atoms with Gasteiger partial charge in [0, 0.05) is 11.9 Å². The van der Waals surface area contributed by atoms with Gasteiger partial charge in [-0.1, -0.05) is 12.2 Å². The van der Waals surface area contributed by atoms with E-state index in [9.17, 15) is 4.79 Å². The first-order valence-electron chi connectivity index (χ1n) is 7.49. The molecule has 0 fully saturated rings. The van der Waals surface area contributed by atoms with Crippen molar-refractivity contribution >= 4 is 33.1 Å². The molecule has 0 saturated carbocycles. The second kappa shape index (κ2) is 5.96. The van der Waals surface area contributed by atoms with Crippen molar-refractivity contribution in [2.45, 2.75) is 38.8 Å². The molecule has 0 aromatic carbocycles. The van der Waals surface area contributed by atoms with Gasteiger partial charge in [0.15, 0.2) is 0 Å². The van der Waals surface area contributed by atoms with Gasteiger partial charge in [-0.3, -0.25) is 4.90 Å². The summed E-state index contributed by atoms with van der Waals surface area (Å²) in [6, 6.07) is 1.78. The molecular weight excluding hydrogens is 360 g/mol. The van der Waals surface area contributed by atoms with Crippen molar-refractivity contribution in [3.05, 3.63) is 34.8 Å². The minimum Gasteiger partial charge on any atom is -0.444 e. The van der Waals surface area contributed by atoms with E-state index in [-0.39, 0.29) is 12.1 Å². The summed E-state index contributed by atoms with van der Waals surface area (Å²) in [5.41, 5.74) is 1.05. The molecule has 2 aromatic rings. The van der Waals surface area contributed by atoms with E-state index in [2.05, 4.69) is 37.0 Å². The molecule has 0 saturated heterocycles. The van der Waals surface area contributed by atoms with Crippen LogP contribution in [0.3, 0.4) is 0 Å². The Morgan fingerprint density at radius 2 is 2.17 bits per heavy atom. The maximum absolute atomic E-state index is 12.5. The van der Waals surface area contributed by atoms with E-state index in [1.165, 1.54) is 6.33 Å². The van der Waals surface area contributed by atoms with E-state index in [1.54, 1.807) is 4.90 Å². The highest BCUT2D eigenvalue weighted by molar-refractivity contribution is 9.10. The van der Waals surface area contributed by atoms with Gasteiger partial charge in [0.25, 0.3) is 0 Å². The van der Waals surface area contributed by atoms with Crippen LogP contribution >= 0.6 is 15.9 Å². The number of nitrogens with one attached hydrogen (secondary N) is 1. The standard InChI is InChI=1S/C16H19BrN4O2/c1-16(2,3)23-15(22)21-7-5-4-6-11(21)13-10-8-12(17)20-14(10)19-9-18-13/h4-5,8-9,11H,6-7H2,1-3H3,(H,18,19,20). The third-order valence-electron chi connectivity index (χ3n) is 3.57. The van der Waals surface area contributed by atoms with Crippen LogP contribution in [0.1, 0.15) is 38.9 Å². The number of rotatable bonds is 1. The maximum Gasteiger partial charge on any atom is 0.411 e. The summed E-state index contributed by atoms with van der Waals surface area (Å²) in [5, 5.41) is 0.910. The summed E-state index contributed by atoms with van der Waals surface area (Å²) < 4.78 is 6.38. The lowest BCUT2D eigenvalue weighted by Gasteiger charge is -2.34. The van der Waals surface area contributed by atoms with Gasteiger partial charge in [-0.05, 0) is 49.2 Å². The Morgan fingerprint density at radius 1 is 1.39 bits per heavy atom. The Hall–Kier alpha value is -1.89. The first kappa shape index (κ1) is 16.0. The Bertz CT molecular complexity index is 763. The molecule has 2 aromatic heterocycles. The summed E-state index contributed by atoms with van der Waals surface area (Å²) in [4.78, 5) is 26.1. The number of carbonyl (C=O) groups is 1. The molecule has 3 heterocycles. The van der Waals surface area contributed by atoms with Crippen molar-refractivity contribution in [3.63, 3.8) is 0 Å². The molecule has 0 bridgehead atoms. The smallest absolute Gasteiger partial charge is 0.411 e. The van der Waals surface area contributed by atoms with Crippen molar-refractivity contribution in [1.82, 2.24) is 19.9 Å². The SMILES string of the molecule is CC(C)(C)OC(=O)N1CC=CCC1c1ncnc2[nH]c(Br)cc12. The first-order valence-corrected chi connectivity index (χ1v) is 8.28. The van der Waals surface area contributed by atoms with Crippen LogP contribution < -0.4 is 0 Å². The highest BCUT2D eigenvalue weighted by Crippen LogP contribution is 2.32. The summed E-state index contributed by atoms with van der Waals surface area (Å²) >= 11 is 3.42. The third kappa shape index (κ3) is 3.39. The van der Waals surface area contributed by atoms with Crippen molar-refractivity contribution in [2.24, 2.45) is 0 Å². The van der Waals surface area contributed by atoms with E-state index >= 15 is 0 Å². The molecular formula is C16H19BrN4O2. The third-order valence-corrected chi connectivity index (χ3v) is 4.00. The van der Waals surface area contributed by atoms with Crippen LogP contribution in [0.5, 0.6) is 0 Å². The molecule has 0 radical (unpaired) electrons. The van der Waals surface area contributed by atoms with Crippen LogP contribution in [0.15, 0.2) is 29.1 Å². The van der Waals surface area contributed by atoms with E-state index in [0.717, 1.165) is 21.3 Å². The first-order chi connectivity index (χ1) is 10.8. The minimum absolute atomic E-state index is 0.164. The van der Waals surface area contributed by atoms with Crippen molar-refractivity contribution < 1.29 is 9.53 Å². The molecule has 1 atom stereocenters. The van der Waals surface area contributed by atoms with Gasteiger partial charge in [-0.25, -0.2) is 14.8 Å². The number of halogens is 1. The maximum atomic E-state index is 12.5. The monoisotopic (exact) mass is 378 g/mol. The Labute approximate surface area is 143 Å². The van der Waals surface area contributed by atoms with E-state index in [0.29, 0.717) is 13.0 Å². The molecule has 1 aliphatic heterocycles. The van der Waals surface area contributed by atoms with Gasteiger partial charge < -0.3 is 9.72 Å². The molecule has 1 unspecified atom stereocenters. The lowest BCUT2D eigenvalue weighted by molar-refractivity contribution is 0.0173. The molecule has 6 nitrogen and oxygen atoms in total. The number of hydrogen-bond acceptors (Lipinski definition) is 4. The predicted octanol–water partition coefficient (Wildman–Crippen LogP) is 3.96. The number of ether oxygens (including phenoxy) is 1. The molecule has 23 heavy (non-hydrogen) atoms. The lowest BCUT2D eigenvalue weighted by atomic mass is 10.0. The van der Waals surface area contributed by atoms with E-state index in [4.69, 9.17) is 4.74 Å². The number of fused-ring (bicyclic) bond motifs is 1. The normalized spacial score (nSPS) is 18.4. The molecule has 0 aliphatic carbocycles. The van der Waals surface area contributed by atoms with Gasteiger partial charge in [0.1, 0.15) is 17.6 Å². The fraction of sp³-hybridized carbons (Fsp3) is 0.438. The molecule has 0 spiro atoms. The number of carbonyl (C=O) groups excluding carboxylic acids is 1. The van der Waals surface area contributed by atoms with Crippen LogP contribution in [0.4, 0.5) is 4.79 Å². The highest BCUT2D eigenvalue weighted by Gasteiger charge is 2.31. The second-order valence-corrected chi connectivity index (χ2v) is 7.35. The van der Waals surface area contributed by atoms with Crippen LogP contribution in [0.25, 0.3) is 11.0 Å². The fourth-order valence-electron chi connectivity index (χ4n) is 2.64. The number of hydrogen-bond donors (Lipinski definition) is 1. The van der Waals surface area contributed by atoms with Crippen molar-refractivity contribution in [2.75, 3.05) is 6.54 Å². The Kier molecular flexibility index (Phi) is 4.14. The second-order valence-electron chi connectivity index (χ2n) is 6.49. The van der Waals surface area contributed by atoms with Gasteiger partial charge >= 0.3 is 6.09 Å². The van der Waals surface area contributed by atoms with Gasteiger partial charge in [0.05, 0.1) is 16.3 Å². The lowest BCUT2D eigenvalue weighted by Crippen LogP contribution is -2.40. The zero-order chi connectivity index (χ0) is 16.6. The largest absolute Gasteiger partial charge is 0.444 e. The number of nitrogens with zero attached hydrogens (tertiary/aromatic N) is 3. The number of amides is 1. The summed E-state index contributed by atoms with van der Waals surface area (Å²) in [5.74, 6) is 0. The molecule has 3 rings (SSSR count). The Balaban J connectivity index is 1.98. The average Bonchev–Trinajstić information content (AvgIpc) is 2.85. The Morgan fingerprint density at radius 3 is 2.91 bits per heavy atom. The van der Waals surface area contributed by atoms with Crippen LogP contribution in [-0.2, 0) is 4.74 Å².